The fourth-order valence-corrected chi connectivity index (χ4v) is 1.54. The standard InChI is InChI=1S/C6H3IN2O4/c7-6-4(8(10)11)2-1-3-5(6)9(12)13/h1-3H. The van der Waals surface area contributed by atoms with Gasteiger partial charge in [-0.15, -0.1) is 0 Å². The maximum Gasteiger partial charge on any atom is 0.289 e. The fourth-order valence-electron chi connectivity index (χ4n) is 0.790. The summed E-state index contributed by atoms with van der Waals surface area (Å²) in [5.74, 6) is 0. The van der Waals surface area contributed by atoms with Crippen LogP contribution in [0.3, 0.4) is 0 Å². The molecule has 1 aromatic carbocycles. The van der Waals surface area contributed by atoms with Crippen LogP contribution in [0.4, 0.5) is 11.4 Å². The Balaban J connectivity index is 3.35. The third-order valence-electron chi connectivity index (χ3n) is 1.35. The van der Waals surface area contributed by atoms with Crippen LogP contribution in [0.15, 0.2) is 18.2 Å². The Morgan fingerprint density at radius 1 is 1.08 bits per heavy atom. The molecule has 0 bridgehead atoms. The predicted molar refractivity (Wildman–Crippen MR) is 52.5 cm³/mol. The van der Waals surface area contributed by atoms with E-state index >= 15 is 0 Å². The van der Waals surface area contributed by atoms with Crippen molar-refractivity contribution in [3.05, 3.63) is 42.0 Å². The average Bonchev–Trinajstić information content (AvgIpc) is 2.03. The Morgan fingerprint density at radius 2 is 1.46 bits per heavy atom. The summed E-state index contributed by atoms with van der Waals surface area (Å²) in [6, 6.07) is 3.75. The number of hydrogen-bond acceptors (Lipinski definition) is 4. The first-order valence-electron chi connectivity index (χ1n) is 3.11. The molecular formula is C6H3IN2O4. The van der Waals surface area contributed by atoms with E-state index in [4.69, 9.17) is 0 Å². The van der Waals surface area contributed by atoms with Crippen molar-refractivity contribution in [2.75, 3.05) is 0 Å². The molecule has 68 valence electrons. The molecule has 0 fully saturated rings. The number of halogens is 1. The van der Waals surface area contributed by atoms with Gasteiger partial charge in [0.2, 0.25) is 0 Å². The summed E-state index contributed by atoms with van der Waals surface area (Å²) in [5, 5.41) is 20.7. The Labute approximate surface area is 86.0 Å². The maximum atomic E-state index is 10.4. The van der Waals surface area contributed by atoms with Gasteiger partial charge in [0.05, 0.1) is 9.85 Å². The largest absolute Gasteiger partial charge is 0.289 e. The average molecular weight is 294 g/mol. The van der Waals surface area contributed by atoms with Crippen LogP contribution in [0.1, 0.15) is 0 Å². The van der Waals surface area contributed by atoms with Gasteiger partial charge in [-0.2, -0.15) is 0 Å². The highest BCUT2D eigenvalue weighted by molar-refractivity contribution is 14.1. The van der Waals surface area contributed by atoms with Gasteiger partial charge in [-0.25, -0.2) is 0 Å². The second kappa shape index (κ2) is 3.64. The van der Waals surface area contributed by atoms with Gasteiger partial charge < -0.3 is 0 Å². The molecule has 6 nitrogen and oxygen atoms in total. The topological polar surface area (TPSA) is 86.3 Å². The monoisotopic (exact) mass is 294 g/mol. The van der Waals surface area contributed by atoms with Gasteiger partial charge in [0, 0.05) is 12.1 Å². The van der Waals surface area contributed by atoms with E-state index in [9.17, 15) is 20.2 Å². The number of rotatable bonds is 2. The normalized spacial score (nSPS) is 9.62. The van der Waals surface area contributed by atoms with Crippen molar-refractivity contribution < 1.29 is 9.85 Å². The molecular weight excluding hydrogens is 291 g/mol. The predicted octanol–water partition coefficient (Wildman–Crippen LogP) is 2.11. The lowest BCUT2D eigenvalue weighted by molar-refractivity contribution is -0.396. The first-order valence-corrected chi connectivity index (χ1v) is 4.19. The number of benzene rings is 1. The maximum absolute atomic E-state index is 10.4. The lowest BCUT2D eigenvalue weighted by Crippen LogP contribution is -1.96. The molecule has 1 rings (SSSR count). The number of nitro benzene ring substituents is 2. The highest BCUT2D eigenvalue weighted by Gasteiger charge is 2.21. The summed E-state index contributed by atoms with van der Waals surface area (Å²) in [6.07, 6.45) is 0. The van der Waals surface area contributed by atoms with E-state index < -0.39 is 9.85 Å². The lowest BCUT2D eigenvalue weighted by atomic mass is 10.3. The van der Waals surface area contributed by atoms with Crippen LogP contribution in [0.5, 0.6) is 0 Å². The molecule has 0 aliphatic carbocycles. The van der Waals surface area contributed by atoms with Crippen molar-refractivity contribution in [1.82, 2.24) is 0 Å². The second-order valence-electron chi connectivity index (χ2n) is 2.12. The lowest BCUT2D eigenvalue weighted by Gasteiger charge is -1.95. The van der Waals surface area contributed by atoms with Crippen molar-refractivity contribution in [1.29, 1.82) is 0 Å². The third kappa shape index (κ3) is 1.91. The molecule has 13 heavy (non-hydrogen) atoms. The number of nitro groups is 2. The molecule has 0 heterocycles. The van der Waals surface area contributed by atoms with Gasteiger partial charge in [0.1, 0.15) is 0 Å². The van der Waals surface area contributed by atoms with E-state index in [0.29, 0.717) is 0 Å². The summed E-state index contributed by atoms with van der Waals surface area (Å²) in [4.78, 5) is 19.5. The second-order valence-corrected chi connectivity index (χ2v) is 3.20. The minimum Gasteiger partial charge on any atom is -0.258 e. The van der Waals surface area contributed by atoms with E-state index in [1.54, 1.807) is 22.6 Å². The molecule has 0 atom stereocenters. The van der Waals surface area contributed by atoms with Gasteiger partial charge in [-0.05, 0) is 28.7 Å². The minimum atomic E-state index is -0.644. The Kier molecular flexibility index (Phi) is 2.76. The zero-order valence-electron chi connectivity index (χ0n) is 6.14. The van der Waals surface area contributed by atoms with Crippen LogP contribution in [-0.2, 0) is 0 Å². The van der Waals surface area contributed by atoms with Crippen LogP contribution in [0.25, 0.3) is 0 Å². The van der Waals surface area contributed by atoms with Crippen LogP contribution >= 0.6 is 22.6 Å². The quantitative estimate of drug-likeness (QED) is 0.475. The van der Waals surface area contributed by atoms with Crippen molar-refractivity contribution in [3.63, 3.8) is 0 Å². The van der Waals surface area contributed by atoms with E-state index in [2.05, 4.69) is 0 Å². The molecule has 0 radical (unpaired) electrons. The highest BCUT2D eigenvalue weighted by atomic mass is 127. The summed E-state index contributed by atoms with van der Waals surface area (Å²) >= 11 is 1.59. The molecule has 1 aromatic rings. The summed E-state index contributed by atoms with van der Waals surface area (Å²) in [7, 11) is 0. The van der Waals surface area contributed by atoms with E-state index in [-0.39, 0.29) is 14.9 Å². The van der Waals surface area contributed by atoms with Gasteiger partial charge >= 0.3 is 0 Å². The van der Waals surface area contributed by atoms with E-state index in [0.717, 1.165) is 0 Å². The van der Waals surface area contributed by atoms with Gasteiger partial charge in [0.15, 0.2) is 3.57 Å². The van der Waals surface area contributed by atoms with Gasteiger partial charge in [0.25, 0.3) is 11.4 Å². The molecule has 0 aliphatic heterocycles. The van der Waals surface area contributed by atoms with Crippen molar-refractivity contribution in [3.8, 4) is 0 Å². The van der Waals surface area contributed by atoms with Gasteiger partial charge in [-0.1, -0.05) is 0 Å². The number of nitrogens with zero attached hydrogens (tertiary/aromatic N) is 2. The highest BCUT2D eigenvalue weighted by Crippen LogP contribution is 2.28. The Hall–Kier alpha value is -1.25. The third-order valence-corrected chi connectivity index (χ3v) is 2.46. The Morgan fingerprint density at radius 3 is 1.77 bits per heavy atom. The van der Waals surface area contributed by atoms with Crippen LogP contribution < -0.4 is 0 Å². The molecule has 0 aromatic heterocycles. The van der Waals surface area contributed by atoms with Gasteiger partial charge in [-0.3, -0.25) is 20.2 Å². The van der Waals surface area contributed by atoms with Crippen LogP contribution in [-0.4, -0.2) is 9.85 Å². The summed E-state index contributed by atoms with van der Waals surface area (Å²) < 4.78 is 0.0510. The molecule has 0 spiro atoms. The smallest absolute Gasteiger partial charge is 0.258 e. The summed E-state index contributed by atoms with van der Waals surface area (Å²) in [6.45, 7) is 0. The van der Waals surface area contributed by atoms with E-state index in [1.165, 1.54) is 18.2 Å². The number of hydrogen-bond donors (Lipinski definition) is 0. The molecule has 0 saturated carbocycles. The molecule has 0 N–H and O–H groups in total. The first kappa shape index (κ1) is 9.84. The molecule has 0 aliphatic rings. The first-order chi connectivity index (χ1) is 6.04. The fraction of sp³-hybridized carbons (Fsp3) is 0. The van der Waals surface area contributed by atoms with Crippen molar-refractivity contribution in [2.45, 2.75) is 0 Å². The van der Waals surface area contributed by atoms with E-state index in [1.807, 2.05) is 0 Å². The summed E-state index contributed by atoms with van der Waals surface area (Å²) in [5.41, 5.74) is -0.482. The molecule has 0 unspecified atom stereocenters. The van der Waals surface area contributed by atoms with Crippen molar-refractivity contribution >= 4 is 34.0 Å². The molecule has 0 amide bonds. The van der Waals surface area contributed by atoms with Crippen molar-refractivity contribution in [2.24, 2.45) is 0 Å². The zero-order chi connectivity index (χ0) is 10.0. The minimum absolute atomic E-state index is 0.0510. The zero-order valence-corrected chi connectivity index (χ0v) is 8.29. The Bertz CT molecular complexity index is 347. The van der Waals surface area contributed by atoms with Crippen LogP contribution in [0, 0.1) is 23.8 Å². The molecule has 7 heteroatoms. The van der Waals surface area contributed by atoms with Crippen LogP contribution in [0.2, 0.25) is 0 Å². The molecule has 0 saturated heterocycles. The SMILES string of the molecule is O=[N+]([O-])c1cccc([N+](=O)[O-])c1I.